The lowest BCUT2D eigenvalue weighted by molar-refractivity contribution is 0.904. The van der Waals surface area contributed by atoms with Gasteiger partial charge in [0.2, 0.25) is 0 Å². The minimum atomic E-state index is 0.558. The Morgan fingerprint density at radius 3 is 2.47 bits per heavy atom. The van der Waals surface area contributed by atoms with Crippen molar-refractivity contribution in [1.82, 2.24) is 9.97 Å². The van der Waals surface area contributed by atoms with Crippen LogP contribution in [0.1, 0.15) is 30.1 Å². The van der Waals surface area contributed by atoms with E-state index in [9.17, 15) is 0 Å². The maximum atomic E-state index is 4.68. The molecule has 0 N–H and O–H groups in total. The van der Waals surface area contributed by atoms with Gasteiger partial charge in [0.05, 0.1) is 0 Å². The van der Waals surface area contributed by atoms with Gasteiger partial charge >= 0.3 is 0 Å². The van der Waals surface area contributed by atoms with Crippen LogP contribution in [-0.4, -0.2) is 17.0 Å². The molecule has 19 heavy (non-hydrogen) atoms. The van der Waals surface area contributed by atoms with Crippen molar-refractivity contribution in [3.63, 3.8) is 0 Å². The van der Waals surface area contributed by atoms with Crippen molar-refractivity contribution in [3.05, 3.63) is 46.3 Å². The zero-order valence-corrected chi connectivity index (χ0v) is 12.7. The smallest absolute Gasteiger partial charge is 0.137 e. The molecule has 0 amide bonds. The molecule has 1 aliphatic carbocycles. The zero-order valence-electron chi connectivity index (χ0n) is 11.1. The molecule has 0 aliphatic heterocycles. The molecule has 1 aromatic heterocycles. The third kappa shape index (κ3) is 2.78. The zero-order chi connectivity index (χ0) is 13.4. The number of aryl methyl sites for hydroxylation is 1. The van der Waals surface area contributed by atoms with Gasteiger partial charge in [0.25, 0.3) is 0 Å². The summed E-state index contributed by atoms with van der Waals surface area (Å²) in [4.78, 5) is 11.2. The summed E-state index contributed by atoms with van der Waals surface area (Å²) in [6.07, 6.45) is 2.42. The predicted octanol–water partition coefficient (Wildman–Crippen LogP) is 4.19. The highest BCUT2D eigenvalue weighted by atomic mass is 79.9. The van der Waals surface area contributed by atoms with E-state index in [1.807, 2.05) is 13.1 Å². The molecule has 1 fully saturated rings. The Morgan fingerprint density at radius 2 is 1.84 bits per heavy atom. The summed E-state index contributed by atoms with van der Waals surface area (Å²) >= 11 is 3.48. The molecule has 1 aromatic carbocycles. The first-order chi connectivity index (χ1) is 9.13. The molecule has 0 saturated heterocycles. The molecule has 1 heterocycles. The molecule has 98 valence electrons. The van der Waals surface area contributed by atoms with Crippen LogP contribution in [0, 0.1) is 6.92 Å². The lowest BCUT2D eigenvalue weighted by Crippen LogP contribution is -2.12. The van der Waals surface area contributed by atoms with Crippen molar-refractivity contribution in [2.75, 3.05) is 11.9 Å². The van der Waals surface area contributed by atoms with E-state index in [1.165, 1.54) is 18.4 Å². The highest BCUT2D eigenvalue weighted by Crippen LogP contribution is 2.39. The number of benzene rings is 1. The maximum Gasteiger partial charge on any atom is 0.137 e. The molecular formula is C15H16BrN3. The van der Waals surface area contributed by atoms with Gasteiger partial charge in [-0.05, 0) is 47.8 Å². The average molecular weight is 318 g/mol. The summed E-state index contributed by atoms with van der Waals surface area (Å²) in [6.45, 7) is 2.09. The number of nitrogens with zero attached hydrogens (tertiary/aromatic N) is 3. The summed E-state index contributed by atoms with van der Waals surface area (Å²) in [6, 6.07) is 10.4. The molecule has 1 saturated carbocycles. The average Bonchev–Trinajstić information content (AvgIpc) is 3.22. The van der Waals surface area contributed by atoms with E-state index >= 15 is 0 Å². The van der Waals surface area contributed by atoms with E-state index in [4.69, 9.17) is 0 Å². The molecule has 0 spiro atoms. The molecular weight excluding hydrogens is 302 g/mol. The fourth-order valence-corrected chi connectivity index (χ4v) is 2.41. The van der Waals surface area contributed by atoms with Crippen molar-refractivity contribution in [3.8, 4) is 0 Å². The third-order valence-corrected chi connectivity index (χ3v) is 3.81. The molecule has 0 radical (unpaired) electrons. The van der Waals surface area contributed by atoms with Crippen molar-refractivity contribution in [2.24, 2.45) is 0 Å². The maximum absolute atomic E-state index is 4.68. The first-order valence-corrected chi connectivity index (χ1v) is 7.27. The van der Waals surface area contributed by atoms with E-state index in [0.29, 0.717) is 5.92 Å². The normalized spacial score (nSPS) is 14.5. The van der Waals surface area contributed by atoms with E-state index in [1.54, 1.807) is 0 Å². The van der Waals surface area contributed by atoms with Gasteiger partial charge in [-0.1, -0.05) is 17.7 Å². The Labute approximate surface area is 121 Å². The monoisotopic (exact) mass is 317 g/mol. The van der Waals surface area contributed by atoms with Crippen LogP contribution in [-0.2, 0) is 0 Å². The predicted molar refractivity (Wildman–Crippen MR) is 80.9 cm³/mol. The molecule has 2 aromatic rings. The standard InChI is InChI=1S/C15H16BrN3/c1-10-3-7-12(8-4-10)19(2)14-9-13(16)17-15(18-14)11-5-6-11/h3-4,7-9,11H,5-6H2,1-2H3. The number of hydrogen-bond acceptors (Lipinski definition) is 3. The Hall–Kier alpha value is -1.42. The van der Waals surface area contributed by atoms with Gasteiger partial charge in [-0.25, -0.2) is 9.97 Å². The van der Waals surface area contributed by atoms with Gasteiger partial charge in [0.15, 0.2) is 0 Å². The molecule has 0 bridgehead atoms. The summed E-state index contributed by atoms with van der Waals surface area (Å²) in [7, 11) is 2.04. The second-order valence-electron chi connectivity index (χ2n) is 5.08. The summed E-state index contributed by atoms with van der Waals surface area (Å²) < 4.78 is 0.860. The van der Waals surface area contributed by atoms with Gasteiger partial charge in [-0.15, -0.1) is 0 Å². The Bertz CT molecular complexity index is 591. The Morgan fingerprint density at radius 1 is 1.16 bits per heavy atom. The fraction of sp³-hybridized carbons (Fsp3) is 0.333. The van der Waals surface area contributed by atoms with E-state index < -0.39 is 0 Å². The van der Waals surface area contributed by atoms with Gasteiger partial charge in [-0.3, -0.25) is 0 Å². The van der Waals surface area contributed by atoms with Crippen molar-refractivity contribution in [1.29, 1.82) is 0 Å². The minimum Gasteiger partial charge on any atom is -0.329 e. The Balaban J connectivity index is 1.94. The topological polar surface area (TPSA) is 29.0 Å². The number of anilines is 2. The van der Waals surface area contributed by atoms with Crippen LogP contribution in [0.25, 0.3) is 0 Å². The van der Waals surface area contributed by atoms with Crippen molar-refractivity contribution < 1.29 is 0 Å². The van der Waals surface area contributed by atoms with Crippen molar-refractivity contribution >= 4 is 27.4 Å². The largest absolute Gasteiger partial charge is 0.329 e. The minimum absolute atomic E-state index is 0.558. The fourth-order valence-electron chi connectivity index (χ4n) is 2.02. The molecule has 4 heteroatoms. The van der Waals surface area contributed by atoms with Crippen LogP contribution in [0.15, 0.2) is 34.9 Å². The number of rotatable bonds is 3. The van der Waals surface area contributed by atoms with E-state index in [0.717, 1.165) is 21.9 Å². The lowest BCUT2D eigenvalue weighted by atomic mass is 10.2. The van der Waals surface area contributed by atoms with Crippen molar-refractivity contribution in [2.45, 2.75) is 25.7 Å². The van der Waals surface area contributed by atoms with Crippen LogP contribution >= 0.6 is 15.9 Å². The van der Waals surface area contributed by atoms with E-state index in [-0.39, 0.29) is 0 Å². The van der Waals surface area contributed by atoms with Crippen LogP contribution < -0.4 is 4.90 Å². The van der Waals surface area contributed by atoms with Crippen LogP contribution in [0.4, 0.5) is 11.5 Å². The summed E-state index contributed by atoms with van der Waals surface area (Å²) in [5, 5.41) is 0. The molecule has 1 aliphatic rings. The summed E-state index contributed by atoms with van der Waals surface area (Å²) in [5.74, 6) is 2.46. The molecule has 0 unspecified atom stereocenters. The van der Waals surface area contributed by atoms with Crippen LogP contribution in [0.3, 0.4) is 0 Å². The number of hydrogen-bond donors (Lipinski definition) is 0. The highest BCUT2D eigenvalue weighted by Gasteiger charge is 2.27. The van der Waals surface area contributed by atoms with Gasteiger partial charge in [0, 0.05) is 24.7 Å². The number of halogens is 1. The quantitative estimate of drug-likeness (QED) is 0.795. The first-order valence-electron chi connectivity index (χ1n) is 6.48. The molecule has 3 rings (SSSR count). The summed E-state index contributed by atoms with van der Waals surface area (Å²) in [5.41, 5.74) is 2.40. The number of aromatic nitrogens is 2. The molecule has 3 nitrogen and oxygen atoms in total. The van der Waals surface area contributed by atoms with E-state index in [2.05, 4.69) is 62.0 Å². The molecule has 0 atom stereocenters. The van der Waals surface area contributed by atoms with Gasteiger partial charge in [-0.2, -0.15) is 0 Å². The first kappa shape index (κ1) is 12.6. The van der Waals surface area contributed by atoms with Gasteiger partial charge < -0.3 is 4.90 Å². The van der Waals surface area contributed by atoms with Crippen LogP contribution in [0.5, 0.6) is 0 Å². The lowest BCUT2D eigenvalue weighted by Gasteiger charge is -2.19. The highest BCUT2D eigenvalue weighted by molar-refractivity contribution is 9.10. The third-order valence-electron chi connectivity index (χ3n) is 3.41. The Kier molecular flexibility index (Phi) is 3.27. The van der Waals surface area contributed by atoms with Crippen LogP contribution in [0.2, 0.25) is 0 Å². The second kappa shape index (κ2) is 4.93. The SMILES string of the molecule is Cc1ccc(N(C)c2cc(Br)nc(C3CC3)n2)cc1. The second-order valence-corrected chi connectivity index (χ2v) is 5.89. The van der Waals surface area contributed by atoms with Gasteiger partial charge in [0.1, 0.15) is 16.2 Å².